The summed E-state index contributed by atoms with van der Waals surface area (Å²) in [4.78, 5) is 31.1. The monoisotopic (exact) mass is 573 g/mol. The third-order valence-corrected chi connectivity index (χ3v) is 6.73. The molecule has 198 valence electrons. The van der Waals surface area contributed by atoms with Gasteiger partial charge >= 0.3 is 0 Å². The maximum Gasteiger partial charge on any atom is 0.274 e. The molecule has 0 bridgehead atoms. The normalized spacial score (nSPS) is 11.7. The van der Waals surface area contributed by atoms with Crippen LogP contribution >= 0.6 is 34.5 Å². The average molecular weight is 574 g/mol. The predicted molar refractivity (Wildman–Crippen MR) is 148 cm³/mol. The highest BCUT2D eigenvalue weighted by molar-refractivity contribution is 7.08. The predicted octanol–water partition coefficient (Wildman–Crippen LogP) is 6.14. The number of rotatable bonds is 10. The molecule has 1 aromatic carbocycles. The fraction of sp³-hybridized carbons (Fsp3) is 0.231. The minimum Gasteiger partial charge on any atom is -0.437 e. The van der Waals surface area contributed by atoms with Gasteiger partial charge in [-0.1, -0.05) is 30.1 Å². The van der Waals surface area contributed by atoms with Crippen LogP contribution in [0.4, 0.5) is 5.69 Å². The Morgan fingerprint density at radius 3 is 2.68 bits per heavy atom. The van der Waals surface area contributed by atoms with Crippen molar-refractivity contribution in [3.8, 4) is 17.4 Å². The van der Waals surface area contributed by atoms with E-state index in [1.165, 1.54) is 28.2 Å². The number of hydrogen-bond donors (Lipinski definition) is 2. The first-order valence-corrected chi connectivity index (χ1v) is 13.3. The van der Waals surface area contributed by atoms with Crippen molar-refractivity contribution >= 4 is 52.0 Å². The lowest BCUT2D eigenvalue weighted by Crippen LogP contribution is -2.38. The van der Waals surface area contributed by atoms with E-state index in [0.717, 1.165) is 0 Å². The van der Waals surface area contributed by atoms with Gasteiger partial charge in [0.2, 0.25) is 5.88 Å². The highest BCUT2D eigenvalue weighted by Gasteiger charge is 2.24. The van der Waals surface area contributed by atoms with E-state index in [1.54, 1.807) is 44.5 Å². The molecule has 0 radical (unpaired) electrons. The van der Waals surface area contributed by atoms with Crippen LogP contribution in [0.25, 0.3) is 5.82 Å². The summed E-state index contributed by atoms with van der Waals surface area (Å²) in [6.07, 6.45) is 2.21. The molecule has 9 nitrogen and oxygen atoms in total. The number of ether oxygens (including phenoxy) is 2. The molecule has 2 amide bonds. The van der Waals surface area contributed by atoms with Gasteiger partial charge in [-0.05, 0) is 54.6 Å². The van der Waals surface area contributed by atoms with Crippen LogP contribution in [0.3, 0.4) is 0 Å². The number of aryl methyl sites for hydroxylation is 1. The molecule has 0 fully saturated rings. The number of carbonyl (C=O) groups is 2. The first-order chi connectivity index (χ1) is 18.3. The number of anilines is 1. The van der Waals surface area contributed by atoms with Crippen LogP contribution in [0.5, 0.6) is 11.6 Å². The lowest BCUT2D eigenvalue weighted by molar-refractivity contribution is 0.0895. The molecule has 4 rings (SSSR count). The molecule has 0 saturated carbocycles. The number of nitrogens with zero attached hydrogens (tertiary/aromatic N) is 3. The van der Waals surface area contributed by atoms with Gasteiger partial charge in [-0.25, -0.2) is 9.67 Å². The highest BCUT2D eigenvalue weighted by Crippen LogP contribution is 2.29. The van der Waals surface area contributed by atoms with Gasteiger partial charge < -0.3 is 20.1 Å². The molecular weight excluding hydrogens is 549 g/mol. The summed E-state index contributed by atoms with van der Waals surface area (Å²) < 4.78 is 12.3. The molecule has 2 N–H and O–H groups in total. The fourth-order valence-electron chi connectivity index (χ4n) is 3.69. The van der Waals surface area contributed by atoms with E-state index in [2.05, 4.69) is 20.7 Å². The van der Waals surface area contributed by atoms with Crippen molar-refractivity contribution in [2.24, 2.45) is 0 Å². The standard InChI is InChI=1S/C26H25Cl2N5O4S/c1-4-17(13-36-3)30-25(34)19-11-16(27)10-15(2)23(19)31-26(35)21-12-22(37-18-7-9-38-14-18)32-33(21)24-20(28)6-5-8-29-24/h5-12,14,17H,4,13H2,1-3H3,(H,30,34)(H,31,35). The molecule has 0 aliphatic carbocycles. The zero-order chi connectivity index (χ0) is 27.2. The van der Waals surface area contributed by atoms with E-state index < -0.39 is 11.8 Å². The first-order valence-electron chi connectivity index (χ1n) is 11.6. The Bertz CT molecular complexity index is 1440. The summed E-state index contributed by atoms with van der Waals surface area (Å²) in [7, 11) is 1.57. The summed E-state index contributed by atoms with van der Waals surface area (Å²) in [6.45, 7) is 4.04. The molecule has 1 atom stereocenters. The number of hydrogen-bond acceptors (Lipinski definition) is 7. The number of aromatic nitrogens is 3. The van der Waals surface area contributed by atoms with Crippen LogP contribution < -0.4 is 15.4 Å². The SMILES string of the molecule is CCC(COC)NC(=O)c1cc(Cl)cc(C)c1NC(=O)c1cc(Oc2ccsc2)nn1-c1ncccc1Cl. The first kappa shape index (κ1) is 27.6. The minimum absolute atomic E-state index is 0.0994. The number of pyridine rings is 1. The van der Waals surface area contributed by atoms with E-state index >= 15 is 0 Å². The van der Waals surface area contributed by atoms with Gasteiger partial charge in [0.15, 0.2) is 5.82 Å². The maximum atomic E-state index is 13.6. The van der Waals surface area contributed by atoms with E-state index in [-0.39, 0.29) is 29.0 Å². The summed E-state index contributed by atoms with van der Waals surface area (Å²) in [5.41, 5.74) is 1.23. The van der Waals surface area contributed by atoms with Crippen molar-refractivity contribution in [3.05, 3.63) is 80.2 Å². The maximum absolute atomic E-state index is 13.6. The summed E-state index contributed by atoms with van der Waals surface area (Å²) >= 11 is 14.1. The molecule has 0 saturated heterocycles. The molecule has 0 aliphatic rings. The molecule has 4 aromatic rings. The number of carbonyl (C=O) groups excluding carboxylic acids is 2. The largest absolute Gasteiger partial charge is 0.437 e. The van der Waals surface area contributed by atoms with Crippen LogP contribution in [0.2, 0.25) is 10.0 Å². The van der Waals surface area contributed by atoms with Crippen molar-refractivity contribution in [2.45, 2.75) is 26.3 Å². The number of methoxy groups -OCH3 is 1. The van der Waals surface area contributed by atoms with Gasteiger partial charge in [-0.2, -0.15) is 0 Å². The van der Waals surface area contributed by atoms with Gasteiger partial charge in [0.1, 0.15) is 11.4 Å². The van der Waals surface area contributed by atoms with Crippen molar-refractivity contribution < 1.29 is 19.1 Å². The number of halogens is 2. The van der Waals surface area contributed by atoms with Crippen LogP contribution in [0, 0.1) is 6.92 Å². The topological polar surface area (TPSA) is 107 Å². The minimum atomic E-state index is -0.553. The van der Waals surface area contributed by atoms with E-state index in [1.807, 2.05) is 17.7 Å². The number of thiophene rings is 1. The van der Waals surface area contributed by atoms with Gasteiger partial charge in [0.25, 0.3) is 11.8 Å². The molecule has 1 unspecified atom stereocenters. The number of amides is 2. The van der Waals surface area contributed by atoms with E-state index in [4.69, 9.17) is 32.7 Å². The zero-order valence-electron chi connectivity index (χ0n) is 20.8. The lowest BCUT2D eigenvalue weighted by Gasteiger charge is -2.19. The molecule has 3 aromatic heterocycles. The second-order valence-electron chi connectivity index (χ2n) is 8.28. The van der Waals surface area contributed by atoms with Crippen LogP contribution in [-0.4, -0.2) is 46.3 Å². The smallest absolute Gasteiger partial charge is 0.274 e. The van der Waals surface area contributed by atoms with Crippen LogP contribution in [-0.2, 0) is 4.74 Å². The van der Waals surface area contributed by atoms with Gasteiger partial charge in [-0.15, -0.1) is 16.4 Å². The molecule has 0 spiro atoms. The Balaban J connectivity index is 1.71. The second-order valence-corrected chi connectivity index (χ2v) is 9.91. The Morgan fingerprint density at radius 2 is 2.00 bits per heavy atom. The Kier molecular flexibility index (Phi) is 9.01. The van der Waals surface area contributed by atoms with E-state index in [0.29, 0.717) is 40.1 Å². The second kappa shape index (κ2) is 12.4. The zero-order valence-corrected chi connectivity index (χ0v) is 23.2. The van der Waals surface area contributed by atoms with Gasteiger partial charge in [-0.3, -0.25) is 9.59 Å². The van der Waals surface area contributed by atoms with Crippen molar-refractivity contribution in [3.63, 3.8) is 0 Å². The molecule has 12 heteroatoms. The molecular formula is C26H25Cl2N5O4S. The molecule has 0 aliphatic heterocycles. The third kappa shape index (κ3) is 6.33. The number of nitrogens with one attached hydrogen (secondary N) is 2. The Morgan fingerprint density at radius 1 is 1.18 bits per heavy atom. The average Bonchev–Trinajstić information content (AvgIpc) is 3.55. The summed E-state index contributed by atoms with van der Waals surface area (Å²) in [6, 6.07) is 9.55. The van der Waals surface area contributed by atoms with Gasteiger partial charge in [0.05, 0.1) is 28.9 Å². The van der Waals surface area contributed by atoms with E-state index in [9.17, 15) is 9.59 Å². The highest BCUT2D eigenvalue weighted by atomic mass is 35.5. The Hall–Kier alpha value is -3.44. The van der Waals surface area contributed by atoms with Crippen molar-refractivity contribution in [2.75, 3.05) is 19.0 Å². The van der Waals surface area contributed by atoms with Crippen LogP contribution in [0.15, 0.2) is 53.4 Å². The van der Waals surface area contributed by atoms with Gasteiger partial charge in [0, 0.05) is 29.8 Å². The number of benzene rings is 1. The molecule has 3 heterocycles. The quantitative estimate of drug-likeness (QED) is 0.236. The van der Waals surface area contributed by atoms with Crippen molar-refractivity contribution in [1.82, 2.24) is 20.1 Å². The molecule has 38 heavy (non-hydrogen) atoms. The third-order valence-electron chi connectivity index (χ3n) is 5.56. The summed E-state index contributed by atoms with van der Waals surface area (Å²) in [5.74, 6) is 0.0511. The lowest BCUT2D eigenvalue weighted by atomic mass is 10.1. The van der Waals surface area contributed by atoms with Crippen LogP contribution in [0.1, 0.15) is 39.8 Å². The van der Waals surface area contributed by atoms with Crippen molar-refractivity contribution in [1.29, 1.82) is 0 Å². The Labute approximate surface area is 233 Å². The fourth-order valence-corrected chi connectivity index (χ4v) is 4.71. The summed E-state index contributed by atoms with van der Waals surface area (Å²) in [5, 5.41) is 14.5.